The molecule has 0 unspecified atom stereocenters. The summed E-state index contributed by atoms with van der Waals surface area (Å²) in [4.78, 5) is 31.6. The van der Waals surface area contributed by atoms with Gasteiger partial charge in [-0.25, -0.2) is 9.78 Å². The van der Waals surface area contributed by atoms with Crippen LogP contribution in [0.15, 0.2) is 84.9 Å². The highest BCUT2D eigenvalue weighted by Crippen LogP contribution is 2.33. The lowest BCUT2D eigenvalue weighted by Gasteiger charge is -2.18. The maximum Gasteiger partial charge on any atom is 0.416 e. The van der Waals surface area contributed by atoms with Crippen LogP contribution in [0.2, 0.25) is 0 Å². The second kappa shape index (κ2) is 9.89. The average Bonchev–Trinajstić information content (AvgIpc) is 3.32. The Morgan fingerprint density at radius 1 is 0.895 bits per heavy atom. The molecule has 1 aromatic heterocycles. The van der Waals surface area contributed by atoms with Crippen molar-refractivity contribution in [2.75, 3.05) is 27.8 Å². The van der Waals surface area contributed by atoms with Gasteiger partial charge >= 0.3 is 12.2 Å². The van der Waals surface area contributed by atoms with E-state index in [-0.39, 0.29) is 6.03 Å². The number of nitrogens with one attached hydrogen (secondary N) is 2. The van der Waals surface area contributed by atoms with Crippen LogP contribution in [0, 0.1) is 0 Å². The molecule has 0 aliphatic carbocycles. The number of halogens is 3. The minimum Gasteiger partial charge on any atom is -0.384 e. The molecule has 7 nitrogen and oxygen atoms in total. The molecular weight excluding hydrogens is 495 g/mol. The van der Waals surface area contributed by atoms with E-state index in [2.05, 4.69) is 15.6 Å². The number of anilines is 4. The lowest BCUT2D eigenvalue weighted by atomic mass is 9.98. The molecule has 0 saturated carbocycles. The molecule has 1 aliphatic heterocycles. The second-order valence-corrected chi connectivity index (χ2v) is 8.70. The topological polar surface area (TPSA) is 100 Å². The van der Waals surface area contributed by atoms with Crippen LogP contribution in [0.5, 0.6) is 0 Å². The van der Waals surface area contributed by atoms with Crippen molar-refractivity contribution in [3.8, 4) is 11.1 Å². The summed E-state index contributed by atoms with van der Waals surface area (Å²) in [6.45, 7) is 0.456. The lowest BCUT2D eigenvalue weighted by Crippen LogP contribution is -2.33. The third-order valence-electron chi connectivity index (χ3n) is 6.18. The molecule has 38 heavy (non-hydrogen) atoms. The van der Waals surface area contributed by atoms with Crippen molar-refractivity contribution in [2.24, 2.45) is 0 Å². The first-order valence-electron chi connectivity index (χ1n) is 11.7. The number of alkyl halides is 3. The predicted molar refractivity (Wildman–Crippen MR) is 140 cm³/mol. The van der Waals surface area contributed by atoms with Crippen LogP contribution in [0.1, 0.15) is 21.5 Å². The number of amides is 3. The van der Waals surface area contributed by atoms with E-state index >= 15 is 0 Å². The molecule has 3 amide bonds. The highest BCUT2D eigenvalue weighted by molar-refractivity contribution is 6.09. The van der Waals surface area contributed by atoms with Gasteiger partial charge in [0.05, 0.1) is 5.56 Å². The van der Waals surface area contributed by atoms with E-state index in [1.54, 1.807) is 65.6 Å². The van der Waals surface area contributed by atoms with Crippen LogP contribution in [-0.2, 0) is 12.6 Å². The van der Waals surface area contributed by atoms with E-state index in [1.165, 1.54) is 12.1 Å². The molecule has 1 aliphatic rings. The number of fused-ring (bicyclic) bond motifs is 1. The molecular formula is C28H22F3N5O2. The summed E-state index contributed by atoms with van der Waals surface area (Å²) < 4.78 is 38.9. The molecule has 0 saturated heterocycles. The minimum absolute atomic E-state index is 0.296. The molecule has 0 radical (unpaired) electrons. The summed E-state index contributed by atoms with van der Waals surface area (Å²) >= 11 is 0. The van der Waals surface area contributed by atoms with Gasteiger partial charge in [-0.1, -0.05) is 36.4 Å². The monoisotopic (exact) mass is 517 g/mol. The summed E-state index contributed by atoms with van der Waals surface area (Å²) in [5, 5.41) is 5.59. The fourth-order valence-corrected chi connectivity index (χ4v) is 4.36. The van der Waals surface area contributed by atoms with Crippen molar-refractivity contribution in [3.63, 3.8) is 0 Å². The minimum atomic E-state index is -4.44. The molecule has 0 fully saturated rings. The van der Waals surface area contributed by atoms with Crippen molar-refractivity contribution in [2.45, 2.75) is 12.6 Å². The third-order valence-corrected chi connectivity index (χ3v) is 6.18. The van der Waals surface area contributed by atoms with Gasteiger partial charge in [0, 0.05) is 23.5 Å². The van der Waals surface area contributed by atoms with E-state index in [9.17, 15) is 22.8 Å². The number of pyridine rings is 1. The van der Waals surface area contributed by atoms with E-state index in [0.29, 0.717) is 47.0 Å². The number of carbonyl (C=O) groups is 2. The zero-order chi connectivity index (χ0) is 26.9. The number of nitrogens with two attached hydrogens (primary N) is 1. The lowest BCUT2D eigenvalue weighted by molar-refractivity contribution is -0.137. The predicted octanol–water partition coefficient (Wildman–Crippen LogP) is 6.20. The number of aromatic nitrogens is 1. The van der Waals surface area contributed by atoms with Crippen molar-refractivity contribution >= 4 is 34.9 Å². The number of urea groups is 1. The average molecular weight is 518 g/mol. The first-order valence-corrected chi connectivity index (χ1v) is 11.7. The van der Waals surface area contributed by atoms with E-state index in [0.717, 1.165) is 23.4 Å². The second-order valence-electron chi connectivity index (χ2n) is 8.70. The van der Waals surface area contributed by atoms with Gasteiger partial charge in [-0.05, 0) is 71.6 Å². The molecule has 192 valence electrons. The van der Waals surface area contributed by atoms with Crippen molar-refractivity contribution in [1.82, 2.24) is 4.98 Å². The summed E-state index contributed by atoms with van der Waals surface area (Å²) in [6.07, 6.45) is -3.84. The molecule has 4 N–H and O–H groups in total. The Labute approximate surface area is 216 Å². The number of hydrogen-bond donors (Lipinski definition) is 3. The van der Waals surface area contributed by atoms with Crippen LogP contribution in [0.4, 0.5) is 41.0 Å². The number of carbonyl (C=O) groups excluding carboxylic acids is 2. The Kier molecular flexibility index (Phi) is 6.46. The highest BCUT2D eigenvalue weighted by Gasteiger charge is 2.30. The quantitative estimate of drug-likeness (QED) is 0.300. The smallest absolute Gasteiger partial charge is 0.384 e. The molecule has 10 heteroatoms. The van der Waals surface area contributed by atoms with Crippen LogP contribution in [-0.4, -0.2) is 23.5 Å². The molecule has 2 heterocycles. The number of nitrogens with zero attached hydrogens (tertiary/aromatic N) is 2. The first kappa shape index (κ1) is 24.8. The number of hydrogen-bond acceptors (Lipinski definition) is 4. The number of nitrogen functional groups attached to an aromatic ring is 1. The number of benzene rings is 3. The Morgan fingerprint density at radius 3 is 2.39 bits per heavy atom. The van der Waals surface area contributed by atoms with Gasteiger partial charge in [0.2, 0.25) is 0 Å². The van der Waals surface area contributed by atoms with Gasteiger partial charge in [0.15, 0.2) is 0 Å². The van der Waals surface area contributed by atoms with Crippen molar-refractivity contribution in [3.05, 3.63) is 102 Å². The summed E-state index contributed by atoms with van der Waals surface area (Å²) in [6, 6.07) is 21.3. The summed E-state index contributed by atoms with van der Waals surface area (Å²) in [5.74, 6) is 0.240. The highest BCUT2D eigenvalue weighted by atomic mass is 19.4. The van der Waals surface area contributed by atoms with Crippen molar-refractivity contribution < 1.29 is 22.8 Å². The zero-order valence-corrected chi connectivity index (χ0v) is 19.9. The molecule has 4 aromatic rings. The summed E-state index contributed by atoms with van der Waals surface area (Å²) in [7, 11) is 0. The molecule has 5 rings (SSSR count). The summed E-state index contributed by atoms with van der Waals surface area (Å²) in [5.41, 5.74) is 8.39. The Balaban J connectivity index is 1.32. The van der Waals surface area contributed by atoms with Crippen LogP contribution in [0.3, 0.4) is 0 Å². The Morgan fingerprint density at radius 2 is 1.66 bits per heavy atom. The maximum atomic E-state index is 13.2. The number of rotatable bonds is 4. The van der Waals surface area contributed by atoms with Crippen LogP contribution < -0.4 is 21.3 Å². The molecule has 3 aromatic carbocycles. The zero-order valence-electron chi connectivity index (χ0n) is 19.9. The van der Waals surface area contributed by atoms with E-state index in [4.69, 9.17) is 5.73 Å². The Hall–Kier alpha value is -4.86. The fraction of sp³-hybridized carbons (Fsp3) is 0.107. The van der Waals surface area contributed by atoms with E-state index < -0.39 is 17.6 Å². The van der Waals surface area contributed by atoms with Crippen LogP contribution in [0.25, 0.3) is 11.1 Å². The fourth-order valence-electron chi connectivity index (χ4n) is 4.36. The van der Waals surface area contributed by atoms with Gasteiger partial charge in [-0.2, -0.15) is 13.2 Å². The third kappa shape index (κ3) is 5.15. The van der Waals surface area contributed by atoms with Gasteiger partial charge in [0.25, 0.3) is 5.91 Å². The molecule has 0 bridgehead atoms. The largest absolute Gasteiger partial charge is 0.416 e. The SMILES string of the molecule is Nc1cccc(NC(=O)N2CCc3cc(NC(=O)c4ccccc4-c4ccc(C(F)(F)F)cc4)ccc32)n1. The van der Waals surface area contributed by atoms with E-state index in [1.807, 2.05) is 0 Å². The molecule has 0 spiro atoms. The maximum absolute atomic E-state index is 13.2. The van der Waals surface area contributed by atoms with Gasteiger partial charge < -0.3 is 11.1 Å². The standard InChI is InChI=1S/C28H22F3N5O2/c29-28(30,31)19-10-8-17(9-11-19)21-4-1-2-5-22(21)26(37)33-20-12-13-23-18(16-20)14-15-36(23)27(38)35-25-7-3-6-24(32)34-25/h1-13,16H,14-15H2,(H,33,37)(H3,32,34,35,38). The van der Waals surface area contributed by atoms with Gasteiger partial charge in [0.1, 0.15) is 11.6 Å². The first-order chi connectivity index (χ1) is 18.2. The Bertz CT molecular complexity index is 1520. The van der Waals surface area contributed by atoms with Crippen LogP contribution >= 0.6 is 0 Å². The molecule has 0 atom stereocenters. The van der Waals surface area contributed by atoms with Gasteiger partial charge in [-0.3, -0.25) is 15.0 Å². The van der Waals surface area contributed by atoms with Crippen molar-refractivity contribution in [1.29, 1.82) is 0 Å². The normalized spacial score (nSPS) is 12.7. The van der Waals surface area contributed by atoms with Gasteiger partial charge in [-0.15, -0.1) is 0 Å².